The highest BCUT2D eigenvalue weighted by Gasteiger charge is 2.27. The molecular formula is C11H17BrN4O2S. The van der Waals surface area contributed by atoms with Gasteiger partial charge in [0.25, 0.3) is 0 Å². The summed E-state index contributed by atoms with van der Waals surface area (Å²) < 4.78 is 28.2. The standard InChI is InChI=1S/C11H17BrN4O2S/c1-13-11-10(5-8(12)6-14-11)19(17,18)15-9-3-4-16(2)7-9/h5-6,9,15H,3-4,7H2,1-2H3,(H,13,14). The van der Waals surface area contributed by atoms with Crippen molar-refractivity contribution in [1.82, 2.24) is 14.6 Å². The van der Waals surface area contributed by atoms with Crippen molar-refractivity contribution in [3.63, 3.8) is 0 Å². The third-order valence-corrected chi connectivity index (χ3v) is 5.03. The van der Waals surface area contributed by atoms with Crippen LogP contribution in [-0.4, -0.2) is 51.5 Å². The summed E-state index contributed by atoms with van der Waals surface area (Å²) in [4.78, 5) is 6.33. The van der Waals surface area contributed by atoms with Crippen molar-refractivity contribution in [2.75, 3.05) is 32.5 Å². The van der Waals surface area contributed by atoms with Crippen LogP contribution in [0, 0.1) is 0 Å². The van der Waals surface area contributed by atoms with Gasteiger partial charge in [0, 0.05) is 30.3 Å². The number of anilines is 1. The third-order valence-electron chi connectivity index (χ3n) is 3.06. The first-order chi connectivity index (χ1) is 8.92. The van der Waals surface area contributed by atoms with Gasteiger partial charge in [-0.2, -0.15) is 0 Å². The quantitative estimate of drug-likeness (QED) is 0.844. The van der Waals surface area contributed by atoms with E-state index in [0.717, 1.165) is 19.5 Å². The molecule has 8 heteroatoms. The average Bonchev–Trinajstić information content (AvgIpc) is 2.74. The average molecular weight is 349 g/mol. The largest absolute Gasteiger partial charge is 0.372 e. The summed E-state index contributed by atoms with van der Waals surface area (Å²) in [6.07, 6.45) is 2.39. The molecule has 1 aliphatic heterocycles. The van der Waals surface area contributed by atoms with Crippen LogP contribution < -0.4 is 10.0 Å². The highest BCUT2D eigenvalue weighted by atomic mass is 79.9. The van der Waals surface area contributed by atoms with Crippen molar-refractivity contribution in [3.05, 3.63) is 16.7 Å². The molecule has 0 amide bonds. The molecule has 1 saturated heterocycles. The molecular weight excluding hydrogens is 332 g/mol. The number of hydrogen-bond acceptors (Lipinski definition) is 5. The van der Waals surface area contributed by atoms with Crippen molar-refractivity contribution >= 4 is 31.8 Å². The Balaban J connectivity index is 2.26. The zero-order chi connectivity index (χ0) is 14.0. The van der Waals surface area contributed by atoms with Crippen molar-refractivity contribution in [1.29, 1.82) is 0 Å². The Bertz CT molecular complexity index is 564. The molecule has 0 saturated carbocycles. The molecule has 0 aromatic carbocycles. The van der Waals surface area contributed by atoms with Gasteiger partial charge >= 0.3 is 0 Å². The topological polar surface area (TPSA) is 74.3 Å². The van der Waals surface area contributed by atoms with Gasteiger partial charge in [0.1, 0.15) is 10.7 Å². The van der Waals surface area contributed by atoms with Crippen LogP contribution >= 0.6 is 15.9 Å². The number of sulfonamides is 1. The first kappa shape index (κ1) is 14.7. The molecule has 6 nitrogen and oxygen atoms in total. The van der Waals surface area contributed by atoms with E-state index in [2.05, 4.69) is 35.9 Å². The second kappa shape index (κ2) is 5.74. The summed E-state index contributed by atoms with van der Waals surface area (Å²) >= 11 is 3.25. The fourth-order valence-corrected chi connectivity index (χ4v) is 4.06. The lowest BCUT2D eigenvalue weighted by atomic mass is 10.3. The molecule has 1 aliphatic rings. The second-order valence-corrected chi connectivity index (χ2v) is 7.22. The van der Waals surface area contributed by atoms with Crippen molar-refractivity contribution in [3.8, 4) is 0 Å². The van der Waals surface area contributed by atoms with Crippen LogP contribution in [0.5, 0.6) is 0 Å². The molecule has 106 valence electrons. The van der Waals surface area contributed by atoms with E-state index in [4.69, 9.17) is 0 Å². The minimum Gasteiger partial charge on any atom is -0.372 e. The van der Waals surface area contributed by atoms with Crippen LogP contribution in [0.15, 0.2) is 21.6 Å². The maximum Gasteiger partial charge on any atom is 0.244 e. The number of aromatic nitrogens is 1. The van der Waals surface area contributed by atoms with Gasteiger partial charge in [0.15, 0.2) is 0 Å². The molecule has 0 aliphatic carbocycles. The maximum absolute atomic E-state index is 12.4. The smallest absolute Gasteiger partial charge is 0.244 e. The second-order valence-electron chi connectivity index (χ2n) is 4.62. The van der Waals surface area contributed by atoms with E-state index in [1.807, 2.05) is 7.05 Å². The Hall–Kier alpha value is -0.700. The van der Waals surface area contributed by atoms with Gasteiger partial charge in [0.2, 0.25) is 10.0 Å². The first-order valence-electron chi connectivity index (χ1n) is 5.96. The Labute approximate surface area is 121 Å². The predicted molar refractivity (Wildman–Crippen MR) is 77.7 cm³/mol. The van der Waals surface area contributed by atoms with Gasteiger partial charge in [-0.1, -0.05) is 0 Å². The number of nitrogens with one attached hydrogen (secondary N) is 2. The maximum atomic E-state index is 12.4. The summed E-state index contributed by atoms with van der Waals surface area (Å²) in [5.74, 6) is 0.349. The Morgan fingerprint density at radius 2 is 2.26 bits per heavy atom. The summed E-state index contributed by atoms with van der Waals surface area (Å²) in [6, 6.07) is 1.51. The lowest BCUT2D eigenvalue weighted by Crippen LogP contribution is -2.36. The van der Waals surface area contributed by atoms with Crippen LogP contribution in [-0.2, 0) is 10.0 Å². The number of likely N-dealkylation sites (tertiary alicyclic amines) is 1. The van der Waals surface area contributed by atoms with E-state index in [1.54, 1.807) is 19.3 Å². The number of likely N-dealkylation sites (N-methyl/N-ethyl adjacent to an activating group) is 1. The SMILES string of the molecule is CNc1ncc(Br)cc1S(=O)(=O)NC1CCN(C)C1. The summed E-state index contributed by atoms with van der Waals surface area (Å²) in [7, 11) is 0.0675. The minimum absolute atomic E-state index is 0.0429. The molecule has 0 radical (unpaired) electrons. The molecule has 2 N–H and O–H groups in total. The number of nitrogens with zero attached hydrogens (tertiary/aromatic N) is 2. The summed E-state index contributed by atoms with van der Waals surface area (Å²) in [5, 5.41) is 2.80. The van der Waals surface area contributed by atoms with Crippen LogP contribution in [0.2, 0.25) is 0 Å². The normalized spacial score (nSPS) is 20.7. The fraction of sp³-hybridized carbons (Fsp3) is 0.545. The molecule has 0 bridgehead atoms. The van der Waals surface area contributed by atoms with Gasteiger partial charge in [-0.25, -0.2) is 18.1 Å². The lowest BCUT2D eigenvalue weighted by molar-refractivity contribution is 0.407. The predicted octanol–water partition coefficient (Wildman–Crippen LogP) is 0.868. The summed E-state index contributed by atoms with van der Waals surface area (Å²) in [6.45, 7) is 1.64. The monoisotopic (exact) mass is 348 g/mol. The van der Waals surface area contributed by atoms with Crippen LogP contribution in [0.3, 0.4) is 0 Å². The highest BCUT2D eigenvalue weighted by molar-refractivity contribution is 9.10. The Morgan fingerprint density at radius 1 is 1.53 bits per heavy atom. The molecule has 0 spiro atoms. The van der Waals surface area contributed by atoms with Crippen molar-refractivity contribution in [2.45, 2.75) is 17.4 Å². The zero-order valence-electron chi connectivity index (χ0n) is 10.9. The van der Waals surface area contributed by atoms with E-state index in [9.17, 15) is 8.42 Å². The first-order valence-corrected chi connectivity index (χ1v) is 8.24. The third kappa shape index (κ3) is 3.44. The van der Waals surface area contributed by atoms with Gasteiger partial charge < -0.3 is 10.2 Å². The van der Waals surface area contributed by atoms with Crippen LogP contribution in [0.25, 0.3) is 0 Å². The number of halogens is 1. The van der Waals surface area contributed by atoms with E-state index in [0.29, 0.717) is 10.3 Å². The number of pyridine rings is 1. The lowest BCUT2D eigenvalue weighted by Gasteiger charge is -2.15. The van der Waals surface area contributed by atoms with Gasteiger partial charge in [0.05, 0.1) is 0 Å². The molecule has 2 heterocycles. The summed E-state index contributed by atoms with van der Waals surface area (Å²) in [5.41, 5.74) is 0. The fourth-order valence-electron chi connectivity index (χ4n) is 2.13. The molecule has 1 aromatic heterocycles. The molecule has 1 aromatic rings. The molecule has 1 atom stereocenters. The molecule has 1 unspecified atom stereocenters. The number of rotatable bonds is 4. The van der Waals surface area contributed by atoms with Crippen molar-refractivity contribution in [2.24, 2.45) is 0 Å². The van der Waals surface area contributed by atoms with Crippen LogP contribution in [0.4, 0.5) is 5.82 Å². The molecule has 1 fully saturated rings. The van der Waals surface area contributed by atoms with Gasteiger partial charge in [-0.05, 0) is 42.0 Å². The van der Waals surface area contributed by atoms with E-state index in [-0.39, 0.29) is 10.9 Å². The Morgan fingerprint density at radius 3 is 2.84 bits per heavy atom. The van der Waals surface area contributed by atoms with E-state index < -0.39 is 10.0 Å². The van der Waals surface area contributed by atoms with Gasteiger partial charge in [-0.15, -0.1) is 0 Å². The number of hydrogen-bond donors (Lipinski definition) is 2. The van der Waals surface area contributed by atoms with Crippen LogP contribution in [0.1, 0.15) is 6.42 Å². The van der Waals surface area contributed by atoms with Crippen molar-refractivity contribution < 1.29 is 8.42 Å². The Kier molecular flexibility index (Phi) is 4.44. The highest BCUT2D eigenvalue weighted by Crippen LogP contribution is 2.23. The molecule has 19 heavy (non-hydrogen) atoms. The van der Waals surface area contributed by atoms with E-state index >= 15 is 0 Å². The van der Waals surface area contributed by atoms with Gasteiger partial charge in [-0.3, -0.25) is 0 Å². The minimum atomic E-state index is -3.56. The van der Waals surface area contributed by atoms with E-state index in [1.165, 1.54) is 0 Å². The molecule has 2 rings (SSSR count). The zero-order valence-corrected chi connectivity index (χ0v) is 13.3.